The van der Waals surface area contributed by atoms with E-state index in [1.165, 1.54) is 17.5 Å². The first-order valence-corrected chi connectivity index (χ1v) is 6.86. The molecule has 1 N–H and O–H groups in total. The lowest BCUT2D eigenvalue weighted by atomic mass is 10.2. The topological polar surface area (TPSA) is 46.9 Å². The molecule has 17 heavy (non-hydrogen) atoms. The van der Waals surface area contributed by atoms with Gasteiger partial charge in [-0.15, -0.1) is 0 Å². The Balaban J connectivity index is 2.12. The molecule has 1 aliphatic carbocycles. The van der Waals surface area contributed by atoms with Gasteiger partial charge >= 0.3 is 0 Å². The first kappa shape index (κ1) is 12.6. The smallest absolute Gasteiger partial charge is 0.283 e. The van der Waals surface area contributed by atoms with E-state index in [-0.39, 0.29) is 5.56 Å². The fourth-order valence-corrected chi connectivity index (χ4v) is 2.09. The zero-order valence-corrected chi connectivity index (χ0v) is 11.8. The number of nitrogens with one attached hydrogen (secondary N) is 1. The van der Waals surface area contributed by atoms with Gasteiger partial charge in [-0.05, 0) is 40.6 Å². The molecule has 1 fully saturated rings. The number of anilines is 1. The van der Waals surface area contributed by atoms with E-state index in [9.17, 15) is 4.79 Å². The summed E-state index contributed by atoms with van der Waals surface area (Å²) in [5, 5.41) is 7.46. The Labute approximate surface area is 110 Å². The largest absolute Gasteiger partial charge is 0.382 e. The van der Waals surface area contributed by atoms with E-state index in [1.807, 2.05) is 0 Å². The Hall–Kier alpha value is -0.840. The molecule has 1 saturated carbocycles. The number of rotatable bonds is 5. The minimum absolute atomic E-state index is 0.0560. The van der Waals surface area contributed by atoms with Gasteiger partial charge in [0.2, 0.25) is 0 Å². The van der Waals surface area contributed by atoms with E-state index < -0.39 is 0 Å². The van der Waals surface area contributed by atoms with Gasteiger partial charge in [-0.1, -0.05) is 13.8 Å². The molecule has 0 unspecified atom stereocenters. The summed E-state index contributed by atoms with van der Waals surface area (Å²) in [7, 11) is 0. The Morgan fingerprint density at radius 3 is 2.88 bits per heavy atom. The number of halogens is 1. The number of hydrogen-bond donors (Lipinski definition) is 1. The van der Waals surface area contributed by atoms with E-state index in [2.05, 4.69) is 40.2 Å². The van der Waals surface area contributed by atoms with Crippen molar-refractivity contribution in [3.63, 3.8) is 0 Å². The summed E-state index contributed by atoms with van der Waals surface area (Å²) in [6, 6.07) is 0. The molecule has 0 bridgehead atoms. The fraction of sp³-hybridized carbons (Fsp3) is 0.667. The maximum atomic E-state index is 12.0. The van der Waals surface area contributed by atoms with Crippen LogP contribution < -0.4 is 10.9 Å². The van der Waals surface area contributed by atoms with Gasteiger partial charge in [0.05, 0.1) is 11.9 Å². The highest BCUT2D eigenvalue weighted by Crippen LogP contribution is 2.29. The number of aromatic nitrogens is 2. The molecule has 0 aromatic carbocycles. The van der Waals surface area contributed by atoms with Crippen LogP contribution in [0, 0.1) is 11.8 Å². The van der Waals surface area contributed by atoms with Gasteiger partial charge in [0.15, 0.2) is 0 Å². The average molecular weight is 300 g/mol. The highest BCUT2D eigenvalue weighted by Gasteiger charge is 2.21. The van der Waals surface area contributed by atoms with Crippen molar-refractivity contribution in [2.75, 3.05) is 11.9 Å². The molecule has 0 saturated heterocycles. The molecule has 0 radical (unpaired) electrons. The quantitative estimate of drug-likeness (QED) is 0.909. The molecular weight excluding hydrogens is 282 g/mol. The Morgan fingerprint density at radius 1 is 1.59 bits per heavy atom. The van der Waals surface area contributed by atoms with Crippen molar-refractivity contribution in [1.29, 1.82) is 0 Å². The standard InChI is InChI=1S/C12H18BrN3O/c1-8(2)7-16-12(17)11(13)10(6-15-16)14-5-9-3-4-9/h6,8-9,14H,3-5,7H2,1-2H3. The predicted octanol–water partition coefficient (Wildman–Crippen LogP) is 2.48. The molecule has 1 heterocycles. The summed E-state index contributed by atoms with van der Waals surface area (Å²) >= 11 is 3.36. The lowest BCUT2D eigenvalue weighted by molar-refractivity contribution is 0.462. The highest BCUT2D eigenvalue weighted by atomic mass is 79.9. The lowest BCUT2D eigenvalue weighted by Crippen LogP contribution is -2.26. The van der Waals surface area contributed by atoms with Crippen LogP contribution in [0.15, 0.2) is 15.5 Å². The van der Waals surface area contributed by atoms with Gasteiger partial charge in [-0.25, -0.2) is 4.68 Å². The fourth-order valence-electron chi connectivity index (χ4n) is 1.64. The average Bonchev–Trinajstić information content (AvgIpc) is 3.07. The van der Waals surface area contributed by atoms with Crippen molar-refractivity contribution < 1.29 is 0 Å². The molecule has 0 aliphatic heterocycles. The molecular formula is C12H18BrN3O. The van der Waals surface area contributed by atoms with Crippen LogP contribution in [0.3, 0.4) is 0 Å². The van der Waals surface area contributed by atoms with Gasteiger partial charge in [0, 0.05) is 13.1 Å². The Bertz CT molecular complexity index is 452. The van der Waals surface area contributed by atoms with Crippen LogP contribution >= 0.6 is 15.9 Å². The molecule has 0 amide bonds. The number of nitrogens with zero attached hydrogens (tertiary/aromatic N) is 2. The molecule has 1 aliphatic rings. The summed E-state index contributed by atoms with van der Waals surface area (Å²) in [5.74, 6) is 1.19. The second kappa shape index (κ2) is 5.21. The van der Waals surface area contributed by atoms with E-state index in [0.29, 0.717) is 16.9 Å². The van der Waals surface area contributed by atoms with E-state index in [0.717, 1.165) is 18.2 Å². The maximum absolute atomic E-state index is 12.0. The van der Waals surface area contributed by atoms with E-state index >= 15 is 0 Å². The number of hydrogen-bond acceptors (Lipinski definition) is 3. The van der Waals surface area contributed by atoms with Crippen LogP contribution in [0.4, 0.5) is 5.69 Å². The van der Waals surface area contributed by atoms with Crippen LogP contribution in [-0.2, 0) is 6.54 Å². The van der Waals surface area contributed by atoms with Gasteiger partial charge in [-0.3, -0.25) is 4.79 Å². The molecule has 4 nitrogen and oxygen atoms in total. The van der Waals surface area contributed by atoms with Crippen LogP contribution in [-0.4, -0.2) is 16.3 Å². The van der Waals surface area contributed by atoms with Crippen LogP contribution in [0.5, 0.6) is 0 Å². The molecule has 0 spiro atoms. The third-order valence-corrected chi connectivity index (χ3v) is 3.57. The summed E-state index contributed by atoms with van der Waals surface area (Å²) in [6.45, 7) is 5.73. The Kier molecular flexibility index (Phi) is 3.86. The Morgan fingerprint density at radius 2 is 2.29 bits per heavy atom. The maximum Gasteiger partial charge on any atom is 0.283 e. The van der Waals surface area contributed by atoms with E-state index in [1.54, 1.807) is 6.20 Å². The predicted molar refractivity (Wildman–Crippen MR) is 72.2 cm³/mol. The van der Waals surface area contributed by atoms with Gasteiger partial charge in [-0.2, -0.15) is 5.10 Å². The lowest BCUT2D eigenvalue weighted by Gasteiger charge is -2.11. The van der Waals surface area contributed by atoms with Crippen LogP contribution in [0.1, 0.15) is 26.7 Å². The van der Waals surface area contributed by atoms with Crippen molar-refractivity contribution >= 4 is 21.6 Å². The monoisotopic (exact) mass is 299 g/mol. The van der Waals surface area contributed by atoms with Crippen molar-refractivity contribution in [2.24, 2.45) is 11.8 Å². The van der Waals surface area contributed by atoms with Crippen molar-refractivity contribution in [1.82, 2.24) is 9.78 Å². The third kappa shape index (κ3) is 3.31. The van der Waals surface area contributed by atoms with Crippen molar-refractivity contribution in [3.05, 3.63) is 21.0 Å². The zero-order valence-electron chi connectivity index (χ0n) is 10.2. The first-order chi connectivity index (χ1) is 8.08. The second-order valence-electron chi connectivity index (χ2n) is 5.08. The van der Waals surface area contributed by atoms with Crippen molar-refractivity contribution in [2.45, 2.75) is 33.2 Å². The van der Waals surface area contributed by atoms with Gasteiger partial charge < -0.3 is 5.32 Å². The highest BCUT2D eigenvalue weighted by molar-refractivity contribution is 9.10. The van der Waals surface area contributed by atoms with E-state index in [4.69, 9.17) is 0 Å². The molecule has 94 valence electrons. The normalized spacial score (nSPS) is 15.3. The molecule has 1 aromatic heterocycles. The van der Waals surface area contributed by atoms with Gasteiger partial charge in [0.25, 0.3) is 5.56 Å². The minimum Gasteiger partial charge on any atom is -0.382 e. The van der Waals surface area contributed by atoms with Crippen LogP contribution in [0.25, 0.3) is 0 Å². The summed E-state index contributed by atoms with van der Waals surface area (Å²) in [4.78, 5) is 12.0. The first-order valence-electron chi connectivity index (χ1n) is 6.07. The summed E-state index contributed by atoms with van der Waals surface area (Å²) in [6.07, 6.45) is 4.32. The SMILES string of the molecule is CC(C)Cn1ncc(NCC2CC2)c(Br)c1=O. The molecule has 5 heteroatoms. The van der Waals surface area contributed by atoms with Crippen molar-refractivity contribution in [3.8, 4) is 0 Å². The summed E-state index contributed by atoms with van der Waals surface area (Å²) < 4.78 is 2.10. The summed E-state index contributed by atoms with van der Waals surface area (Å²) in [5.41, 5.74) is 0.751. The second-order valence-corrected chi connectivity index (χ2v) is 5.87. The van der Waals surface area contributed by atoms with Gasteiger partial charge in [0.1, 0.15) is 4.47 Å². The molecule has 0 atom stereocenters. The minimum atomic E-state index is -0.0560. The molecule has 1 aromatic rings. The molecule has 2 rings (SSSR count). The van der Waals surface area contributed by atoms with Crippen LogP contribution in [0.2, 0.25) is 0 Å². The zero-order chi connectivity index (χ0) is 12.4. The third-order valence-electron chi connectivity index (χ3n) is 2.80.